The van der Waals surface area contributed by atoms with Crippen molar-refractivity contribution < 1.29 is 9.90 Å². The summed E-state index contributed by atoms with van der Waals surface area (Å²) < 4.78 is 0. The molecule has 0 unspecified atom stereocenters. The molecule has 1 aromatic rings. The Morgan fingerprint density at radius 1 is 1.41 bits per heavy atom. The molecule has 1 saturated heterocycles. The van der Waals surface area contributed by atoms with Gasteiger partial charge in [-0.1, -0.05) is 19.3 Å². The average molecular weight is 322 g/mol. The third kappa shape index (κ3) is 3.69. The molecular formula is C17H26N2O2S. The Kier molecular flexibility index (Phi) is 4.83. The Labute approximate surface area is 136 Å². The van der Waals surface area contributed by atoms with E-state index in [0.717, 1.165) is 56.6 Å². The molecule has 0 aromatic carbocycles. The standard InChI is InChI=1S/C17H26N2O2S/c1-13-11-18-16(22-13)14-6-5-9-19(12-14)15(20)10-17(21)7-3-2-4-8-17/h11,14,21H,2-10,12H2,1H3/t14-/m1/s1. The van der Waals surface area contributed by atoms with Crippen LogP contribution in [-0.4, -0.2) is 39.6 Å². The maximum Gasteiger partial charge on any atom is 0.225 e. The highest BCUT2D eigenvalue weighted by Gasteiger charge is 2.35. The molecule has 4 nitrogen and oxygen atoms in total. The molecule has 122 valence electrons. The van der Waals surface area contributed by atoms with E-state index in [2.05, 4.69) is 11.9 Å². The van der Waals surface area contributed by atoms with Gasteiger partial charge < -0.3 is 10.0 Å². The van der Waals surface area contributed by atoms with Gasteiger partial charge in [-0.3, -0.25) is 4.79 Å². The number of amides is 1. The van der Waals surface area contributed by atoms with E-state index < -0.39 is 5.60 Å². The first kappa shape index (κ1) is 15.9. The van der Waals surface area contributed by atoms with E-state index in [4.69, 9.17) is 0 Å². The van der Waals surface area contributed by atoms with Crippen LogP contribution in [0.1, 0.15) is 67.2 Å². The van der Waals surface area contributed by atoms with Crippen LogP contribution in [0.4, 0.5) is 0 Å². The molecule has 1 aliphatic heterocycles. The fourth-order valence-corrected chi connectivity index (χ4v) is 4.65. The molecule has 0 bridgehead atoms. The highest BCUT2D eigenvalue weighted by molar-refractivity contribution is 7.11. The number of likely N-dealkylation sites (tertiary alicyclic amines) is 1. The van der Waals surface area contributed by atoms with Gasteiger partial charge in [0.2, 0.25) is 5.91 Å². The molecule has 3 rings (SSSR count). The number of piperidine rings is 1. The van der Waals surface area contributed by atoms with E-state index >= 15 is 0 Å². The van der Waals surface area contributed by atoms with Crippen molar-refractivity contribution in [3.63, 3.8) is 0 Å². The second-order valence-electron chi connectivity index (χ2n) is 6.95. The maximum atomic E-state index is 12.6. The molecule has 1 saturated carbocycles. The van der Waals surface area contributed by atoms with Gasteiger partial charge >= 0.3 is 0 Å². The van der Waals surface area contributed by atoms with E-state index in [-0.39, 0.29) is 5.91 Å². The number of thiazole rings is 1. The predicted molar refractivity (Wildman–Crippen MR) is 88.1 cm³/mol. The maximum absolute atomic E-state index is 12.6. The van der Waals surface area contributed by atoms with Gasteiger partial charge in [0, 0.05) is 30.1 Å². The normalized spacial score (nSPS) is 25.2. The third-order valence-electron chi connectivity index (χ3n) is 5.03. The van der Waals surface area contributed by atoms with E-state index in [0.29, 0.717) is 12.3 Å². The Morgan fingerprint density at radius 2 is 2.18 bits per heavy atom. The van der Waals surface area contributed by atoms with Crippen molar-refractivity contribution in [2.75, 3.05) is 13.1 Å². The average Bonchev–Trinajstić information content (AvgIpc) is 2.94. The summed E-state index contributed by atoms with van der Waals surface area (Å²) in [5.74, 6) is 0.500. The molecule has 5 heteroatoms. The van der Waals surface area contributed by atoms with E-state index in [1.807, 2.05) is 11.1 Å². The zero-order chi connectivity index (χ0) is 15.6. The minimum absolute atomic E-state index is 0.127. The summed E-state index contributed by atoms with van der Waals surface area (Å²) in [6.45, 7) is 3.67. The number of hydrogen-bond acceptors (Lipinski definition) is 4. The van der Waals surface area contributed by atoms with E-state index in [1.54, 1.807) is 11.3 Å². The number of rotatable bonds is 3. The molecule has 1 atom stereocenters. The summed E-state index contributed by atoms with van der Waals surface area (Å²) in [5.41, 5.74) is -0.750. The number of aromatic nitrogens is 1. The number of aryl methyl sites for hydroxylation is 1. The Morgan fingerprint density at radius 3 is 2.86 bits per heavy atom. The molecule has 0 radical (unpaired) electrons. The molecular weight excluding hydrogens is 296 g/mol. The van der Waals surface area contributed by atoms with Crippen molar-refractivity contribution in [1.82, 2.24) is 9.88 Å². The highest BCUT2D eigenvalue weighted by Crippen LogP contribution is 2.33. The van der Waals surface area contributed by atoms with Gasteiger partial charge in [-0.2, -0.15) is 0 Å². The summed E-state index contributed by atoms with van der Waals surface area (Å²) >= 11 is 1.74. The van der Waals surface area contributed by atoms with Crippen molar-refractivity contribution in [2.24, 2.45) is 0 Å². The molecule has 1 N–H and O–H groups in total. The first-order chi connectivity index (χ1) is 10.6. The van der Waals surface area contributed by atoms with Crippen molar-refractivity contribution in [1.29, 1.82) is 0 Å². The quantitative estimate of drug-likeness (QED) is 0.929. The summed E-state index contributed by atoms with van der Waals surface area (Å²) in [5, 5.41) is 11.8. The Balaban J connectivity index is 1.60. The summed E-state index contributed by atoms with van der Waals surface area (Å²) in [6.07, 6.45) is 9.21. The number of nitrogens with zero attached hydrogens (tertiary/aromatic N) is 2. The molecule has 0 spiro atoms. The van der Waals surface area contributed by atoms with Gasteiger partial charge in [-0.15, -0.1) is 11.3 Å². The van der Waals surface area contributed by atoms with Gasteiger partial charge in [0.1, 0.15) is 0 Å². The second-order valence-corrected chi connectivity index (χ2v) is 8.22. The van der Waals surface area contributed by atoms with Gasteiger partial charge in [-0.25, -0.2) is 4.98 Å². The number of carbonyl (C=O) groups is 1. The molecule has 2 aliphatic rings. The molecule has 1 amide bonds. The lowest BCUT2D eigenvalue weighted by Crippen LogP contribution is -2.44. The fourth-order valence-electron chi connectivity index (χ4n) is 3.75. The molecule has 2 heterocycles. The van der Waals surface area contributed by atoms with Crippen LogP contribution in [-0.2, 0) is 4.79 Å². The van der Waals surface area contributed by atoms with Gasteiger partial charge in [-0.05, 0) is 32.6 Å². The summed E-state index contributed by atoms with van der Waals surface area (Å²) in [7, 11) is 0. The first-order valence-corrected chi connectivity index (χ1v) is 9.30. The first-order valence-electron chi connectivity index (χ1n) is 8.48. The lowest BCUT2D eigenvalue weighted by atomic mass is 9.82. The zero-order valence-electron chi connectivity index (χ0n) is 13.4. The molecule has 1 aromatic heterocycles. The van der Waals surface area contributed by atoms with Crippen LogP contribution in [0.2, 0.25) is 0 Å². The van der Waals surface area contributed by atoms with E-state index in [9.17, 15) is 9.90 Å². The molecule has 2 fully saturated rings. The van der Waals surface area contributed by atoms with Gasteiger partial charge in [0.25, 0.3) is 0 Å². The highest BCUT2D eigenvalue weighted by atomic mass is 32.1. The fraction of sp³-hybridized carbons (Fsp3) is 0.765. The van der Waals surface area contributed by atoms with E-state index in [1.165, 1.54) is 11.3 Å². The van der Waals surface area contributed by atoms with Crippen LogP contribution >= 0.6 is 11.3 Å². The Bertz CT molecular complexity index is 522. The van der Waals surface area contributed by atoms with Crippen molar-refractivity contribution in [3.05, 3.63) is 16.1 Å². The van der Waals surface area contributed by atoms with Crippen LogP contribution in [0.5, 0.6) is 0 Å². The lowest BCUT2D eigenvalue weighted by molar-refractivity contribution is -0.139. The smallest absolute Gasteiger partial charge is 0.225 e. The van der Waals surface area contributed by atoms with Gasteiger partial charge in [0.15, 0.2) is 0 Å². The van der Waals surface area contributed by atoms with Crippen LogP contribution < -0.4 is 0 Å². The molecule has 22 heavy (non-hydrogen) atoms. The van der Waals surface area contributed by atoms with Crippen LogP contribution in [0.25, 0.3) is 0 Å². The van der Waals surface area contributed by atoms with Crippen molar-refractivity contribution in [3.8, 4) is 0 Å². The summed E-state index contributed by atoms with van der Waals surface area (Å²) in [6, 6.07) is 0. The summed E-state index contributed by atoms with van der Waals surface area (Å²) in [4.78, 5) is 20.3. The number of hydrogen-bond donors (Lipinski definition) is 1. The number of carbonyl (C=O) groups excluding carboxylic acids is 1. The van der Waals surface area contributed by atoms with Crippen molar-refractivity contribution in [2.45, 2.75) is 69.8 Å². The van der Waals surface area contributed by atoms with Gasteiger partial charge in [0.05, 0.1) is 17.0 Å². The number of aliphatic hydroxyl groups is 1. The van der Waals surface area contributed by atoms with Crippen molar-refractivity contribution >= 4 is 17.2 Å². The zero-order valence-corrected chi connectivity index (χ0v) is 14.2. The van der Waals surface area contributed by atoms with Crippen LogP contribution in [0, 0.1) is 6.92 Å². The van der Waals surface area contributed by atoms with Crippen LogP contribution in [0.15, 0.2) is 6.20 Å². The minimum Gasteiger partial charge on any atom is -0.389 e. The SMILES string of the molecule is Cc1cnc([C@@H]2CCCN(C(=O)CC3(O)CCCCC3)C2)s1. The topological polar surface area (TPSA) is 53.4 Å². The second kappa shape index (κ2) is 6.67. The molecule has 1 aliphatic carbocycles. The van der Waals surface area contributed by atoms with Crippen LogP contribution in [0.3, 0.4) is 0 Å². The third-order valence-corrected chi connectivity index (χ3v) is 6.10. The monoisotopic (exact) mass is 322 g/mol. The largest absolute Gasteiger partial charge is 0.389 e. The lowest BCUT2D eigenvalue weighted by Gasteiger charge is -2.36. The predicted octanol–water partition coefficient (Wildman–Crippen LogP) is 3.24. The minimum atomic E-state index is -0.750. The Hall–Kier alpha value is -0.940.